The van der Waals surface area contributed by atoms with Crippen molar-refractivity contribution in [2.24, 2.45) is 0 Å². The third-order valence-corrected chi connectivity index (χ3v) is 6.72. The molecule has 0 bridgehead atoms. The van der Waals surface area contributed by atoms with E-state index in [-0.39, 0.29) is 6.42 Å². The molecule has 1 unspecified atom stereocenters. The van der Waals surface area contributed by atoms with Crippen LogP contribution >= 0.6 is 0 Å². The highest BCUT2D eigenvalue weighted by atomic mass is 16.5. The van der Waals surface area contributed by atoms with Crippen LogP contribution in [0.4, 0.5) is 0 Å². The number of ketones is 1. The van der Waals surface area contributed by atoms with Gasteiger partial charge in [0.05, 0.1) is 17.4 Å². The highest BCUT2D eigenvalue weighted by Crippen LogP contribution is 2.48. The lowest BCUT2D eigenvalue weighted by Gasteiger charge is -2.08. The lowest BCUT2D eigenvalue weighted by Crippen LogP contribution is -2.19. The third kappa shape index (κ3) is 6.79. The summed E-state index contributed by atoms with van der Waals surface area (Å²) in [6.45, 7) is 5.40. The van der Waals surface area contributed by atoms with E-state index in [1.165, 1.54) is 0 Å². The van der Waals surface area contributed by atoms with Crippen LogP contribution in [0.5, 0.6) is 0 Å². The number of carbonyl (C=O) groups excluding carboxylic acids is 2. The maximum absolute atomic E-state index is 11.3. The van der Waals surface area contributed by atoms with Crippen molar-refractivity contribution in [1.29, 1.82) is 0 Å². The molecule has 1 atom stereocenters. The number of carbonyl (C=O) groups is 5. The Hall–Kier alpha value is -4.79. The molecule has 0 amide bonds. The minimum absolute atomic E-state index is 0.178. The number of aliphatic carboxylic acids is 3. The maximum atomic E-state index is 11.3. The van der Waals surface area contributed by atoms with Crippen LogP contribution < -0.4 is 0 Å². The zero-order valence-electron chi connectivity index (χ0n) is 22.3. The van der Waals surface area contributed by atoms with Crippen molar-refractivity contribution in [2.75, 3.05) is 0 Å². The summed E-state index contributed by atoms with van der Waals surface area (Å²) in [5, 5.41) is 26.2. The number of ether oxygens (including phenoxy) is 1. The normalized spacial score (nSPS) is 15.7. The van der Waals surface area contributed by atoms with Crippen LogP contribution in [0.3, 0.4) is 0 Å². The predicted molar refractivity (Wildman–Crippen MR) is 144 cm³/mol. The van der Waals surface area contributed by atoms with Gasteiger partial charge in [-0.25, -0.2) is 9.59 Å². The fraction of sp³-hybridized carbons (Fsp3) is 0.258. The number of hydrogen-bond acceptors (Lipinski definition) is 6. The van der Waals surface area contributed by atoms with Crippen LogP contribution in [0.1, 0.15) is 73.9 Å². The van der Waals surface area contributed by atoms with Gasteiger partial charge in [-0.2, -0.15) is 0 Å². The standard InChI is InChI=1S/C11H12O3.C10H8O4.C10H10O2/c1-6-4-7(2)9(8(3)5-6)10(12)11(13)14;11-9(12)5-8-6-3-1-2-4-7(6)10(13)14-8;11-9(12)10(6-7-10)8-4-2-1-3-5-8/h4-5H,1-3H3,(H,13,14);1-4,8H,5H2,(H,11,12);1-5H,6-7H2,(H,11,12). The molecular weight excluding hydrogens is 516 g/mol. The van der Waals surface area contributed by atoms with Gasteiger partial charge in [0, 0.05) is 11.1 Å². The molecular formula is C31H30O9. The van der Waals surface area contributed by atoms with Crippen molar-refractivity contribution in [3.8, 4) is 0 Å². The van der Waals surface area contributed by atoms with E-state index < -0.39 is 41.2 Å². The molecule has 2 aliphatic rings. The summed E-state index contributed by atoms with van der Waals surface area (Å²) in [6, 6.07) is 19.9. The first-order chi connectivity index (χ1) is 18.9. The monoisotopic (exact) mass is 546 g/mol. The Morgan fingerprint density at radius 3 is 1.90 bits per heavy atom. The van der Waals surface area contributed by atoms with Gasteiger partial charge in [-0.1, -0.05) is 66.2 Å². The summed E-state index contributed by atoms with van der Waals surface area (Å²) in [6.07, 6.45) is 0.762. The second-order valence-corrected chi connectivity index (χ2v) is 9.74. The fourth-order valence-corrected chi connectivity index (χ4v) is 4.68. The number of cyclic esters (lactones) is 1. The zero-order chi connectivity index (χ0) is 29.6. The molecule has 0 aromatic heterocycles. The number of Topliss-reactive ketones (excluding diaryl/α,β-unsaturated/α-hetero) is 1. The smallest absolute Gasteiger partial charge is 0.377 e. The van der Waals surface area contributed by atoms with Gasteiger partial charge >= 0.3 is 23.9 Å². The van der Waals surface area contributed by atoms with Crippen molar-refractivity contribution in [1.82, 2.24) is 0 Å². The zero-order valence-corrected chi connectivity index (χ0v) is 22.3. The number of fused-ring (bicyclic) bond motifs is 1. The SMILES string of the molecule is Cc1cc(C)c(C(=O)C(=O)O)c(C)c1.O=C(O)C1(c2ccccc2)CC1.O=C(O)CC1OC(=O)c2ccccc21. The largest absolute Gasteiger partial charge is 0.481 e. The van der Waals surface area contributed by atoms with E-state index in [1.807, 2.05) is 49.4 Å². The van der Waals surface area contributed by atoms with Gasteiger partial charge in [-0.15, -0.1) is 0 Å². The van der Waals surface area contributed by atoms with Gasteiger partial charge in [-0.05, 0) is 56.4 Å². The molecule has 9 nitrogen and oxygen atoms in total. The molecule has 1 aliphatic carbocycles. The summed E-state index contributed by atoms with van der Waals surface area (Å²) in [4.78, 5) is 54.4. The van der Waals surface area contributed by atoms with Crippen molar-refractivity contribution in [3.05, 3.63) is 106 Å². The minimum Gasteiger partial charge on any atom is -0.481 e. The molecule has 9 heteroatoms. The van der Waals surface area contributed by atoms with E-state index in [1.54, 1.807) is 38.1 Å². The van der Waals surface area contributed by atoms with Crippen molar-refractivity contribution < 1.29 is 44.0 Å². The number of esters is 1. The average molecular weight is 547 g/mol. The van der Waals surface area contributed by atoms with Crippen molar-refractivity contribution in [2.45, 2.75) is 51.6 Å². The van der Waals surface area contributed by atoms with E-state index in [2.05, 4.69) is 0 Å². The number of carboxylic acid groups (broad SMARTS) is 3. The second kappa shape index (κ2) is 12.4. The summed E-state index contributed by atoms with van der Waals surface area (Å²) in [7, 11) is 0. The van der Waals surface area contributed by atoms with Gasteiger partial charge in [0.2, 0.25) is 0 Å². The van der Waals surface area contributed by atoms with Crippen LogP contribution in [0, 0.1) is 20.8 Å². The number of carboxylic acids is 3. The molecule has 0 spiro atoms. The molecule has 208 valence electrons. The minimum atomic E-state index is -1.40. The number of aryl methyl sites for hydroxylation is 3. The van der Waals surface area contributed by atoms with E-state index in [0.29, 0.717) is 16.7 Å². The molecule has 1 fully saturated rings. The summed E-state index contributed by atoms with van der Waals surface area (Å²) in [5.74, 6) is -4.33. The molecule has 1 heterocycles. The highest BCUT2D eigenvalue weighted by molar-refractivity contribution is 6.40. The average Bonchev–Trinajstić information content (AvgIpc) is 3.66. The summed E-state index contributed by atoms with van der Waals surface area (Å²) < 4.78 is 4.92. The van der Waals surface area contributed by atoms with E-state index in [0.717, 1.165) is 35.1 Å². The van der Waals surface area contributed by atoms with Gasteiger partial charge in [0.15, 0.2) is 0 Å². The Morgan fingerprint density at radius 2 is 1.40 bits per heavy atom. The topological polar surface area (TPSA) is 155 Å². The third-order valence-electron chi connectivity index (χ3n) is 6.72. The fourth-order valence-electron chi connectivity index (χ4n) is 4.68. The van der Waals surface area contributed by atoms with E-state index >= 15 is 0 Å². The quantitative estimate of drug-likeness (QED) is 0.219. The Morgan fingerprint density at radius 1 is 0.850 bits per heavy atom. The van der Waals surface area contributed by atoms with E-state index in [4.69, 9.17) is 20.1 Å². The van der Waals surface area contributed by atoms with E-state index in [9.17, 15) is 24.0 Å². The Labute approximate surface area is 231 Å². The molecule has 0 radical (unpaired) electrons. The lowest BCUT2D eigenvalue weighted by molar-refractivity contribution is -0.140. The van der Waals surface area contributed by atoms with Crippen LogP contribution in [-0.4, -0.2) is 45.0 Å². The lowest BCUT2D eigenvalue weighted by atomic mass is 9.97. The Bertz CT molecular complexity index is 1430. The van der Waals surface area contributed by atoms with Gasteiger partial charge in [0.1, 0.15) is 6.10 Å². The van der Waals surface area contributed by atoms with Gasteiger partial charge in [0.25, 0.3) is 5.78 Å². The molecule has 3 aromatic rings. The number of rotatable bonds is 6. The summed E-state index contributed by atoms with van der Waals surface area (Å²) in [5.41, 5.74) is 4.31. The van der Waals surface area contributed by atoms with Gasteiger partial charge < -0.3 is 20.1 Å². The summed E-state index contributed by atoms with van der Waals surface area (Å²) >= 11 is 0. The first kappa shape index (κ1) is 29.8. The molecule has 40 heavy (non-hydrogen) atoms. The van der Waals surface area contributed by atoms with Crippen LogP contribution in [0.15, 0.2) is 66.7 Å². The molecule has 1 aliphatic heterocycles. The number of hydrogen-bond donors (Lipinski definition) is 3. The molecule has 3 N–H and O–H groups in total. The van der Waals surface area contributed by atoms with Gasteiger partial charge in [-0.3, -0.25) is 14.4 Å². The molecule has 1 saturated carbocycles. The van der Waals surface area contributed by atoms with Crippen molar-refractivity contribution in [3.63, 3.8) is 0 Å². The Balaban J connectivity index is 0.000000166. The van der Waals surface area contributed by atoms with Crippen LogP contribution in [0.25, 0.3) is 0 Å². The predicted octanol–water partition coefficient (Wildman–Crippen LogP) is 5.05. The molecule has 3 aromatic carbocycles. The van der Waals surface area contributed by atoms with Crippen molar-refractivity contribution >= 4 is 29.7 Å². The highest BCUT2D eigenvalue weighted by Gasteiger charge is 2.51. The second-order valence-electron chi connectivity index (χ2n) is 9.74. The van der Waals surface area contributed by atoms with Crippen LogP contribution in [0.2, 0.25) is 0 Å². The number of benzene rings is 3. The van der Waals surface area contributed by atoms with Crippen LogP contribution in [-0.2, 0) is 24.5 Å². The Kier molecular flexibility index (Phi) is 9.21. The first-order valence-electron chi connectivity index (χ1n) is 12.5. The first-order valence-corrected chi connectivity index (χ1v) is 12.5. The molecule has 0 saturated heterocycles. The maximum Gasteiger partial charge on any atom is 0.377 e. The molecule has 5 rings (SSSR count).